The third kappa shape index (κ3) is 5.08. The lowest BCUT2D eigenvalue weighted by Crippen LogP contribution is -2.45. The molecule has 1 aromatic carbocycles. The first-order valence-corrected chi connectivity index (χ1v) is 10.0. The monoisotopic (exact) mass is 395 g/mol. The van der Waals surface area contributed by atoms with E-state index >= 15 is 0 Å². The molecule has 1 aromatic heterocycles. The van der Waals surface area contributed by atoms with Gasteiger partial charge >= 0.3 is 0 Å². The molecule has 27 heavy (non-hydrogen) atoms. The van der Waals surface area contributed by atoms with Gasteiger partial charge in [-0.05, 0) is 45.7 Å². The fourth-order valence-corrected chi connectivity index (χ4v) is 4.31. The second kappa shape index (κ2) is 8.53. The Bertz CT molecular complexity index is 902. The van der Waals surface area contributed by atoms with Crippen molar-refractivity contribution in [3.8, 4) is 5.75 Å². The van der Waals surface area contributed by atoms with Gasteiger partial charge in [0.2, 0.25) is 15.9 Å². The van der Waals surface area contributed by atoms with Gasteiger partial charge in [0, 0.05) is 6.54 Å². The van der Waals surface area contributed by atoms with Crippen LogP contribution < -0.4 is 14.8 Å². The number of sulfonamides is 1. The van der Waals surface area contributed by atoms with Gasteiger partial charge in [0.15, 0.2) is 5.76 Å². The van der Waals surface area contributed by atoms with Gasteiger partial charge in [-0.25, -0.2) is 8.42 Å². The van der Waals surface area contributed by atoms with E-state index in [2.05, 4.69) is 15.2 Å². The van der Waals surface area contributed by atoms with Crippen LogP contribution in [0.5, 0.6) is 5.75 Å². The number of hydrogen-bond acceptors (Lipinski definition) is 6. The van der Waals surface area contributed by atoms with E-state index in [1.165, 1.54) is 20.8 Å². The van der Waals surface area contributed by atoms with E-state index in [4.69, 9.17) is 9.26 Å². The first-order chi connectivity index (χ1) is 12.7. The quantitative estimate of drug-likeness (QED) is 0.703. The Hall–Kier alpha value is -2.39. The molecule has 0 radical (unpaired) electrons. The number of benzene rings is 1. The number of nitrogens with one attached hydrogen (secondary N) is 2. The maximum atomic E-state index is 12.5. The molecule has 0 bridgehead atoms. The number of methoxy groups -OCH3 is 1. The maximum absolute atomic E-state index is 12.5. The van der Waals surface area contributed by atoms with Crippen molar-refractivity contribution in [2.75, 3.05) is 13.7 Å². The average molecular weight is 395 g/mol. The Morgan fingerprint density at radius 2 is 2.00 bits per heavy atom. The van der Waals surface area contributed by atoms with Crippen molar-refractivity contribution in [2.45, 2.75) is 45.1 Å². The molecular weight excluding hydrogens is 370 g/mol. The molecule has 2 rings (SSSR count). The number of aromatic nitrogens is 1. The van der Waals surface area contributed by atoms with Crippen LogP contribution in [0, 0.1) is 20.8 Å². The lowest BCUT2D eigenvalue weighted by Gasteiger charge is -2.15. The highest BCUT2D eigenvalue weighted by Crippen LogP contribution is 2.20. The summed E-state index contributed by atoms with van der Waals surface area (Å²) >= 11 is 0. The van der Waals surface area contributed by atoms with Crippen LogP contribution in [0.15, 0.2) is 27.6 Å². The minimum absolute atomic E-state index is 0.0355. The molecule has 1 amide bonds. The Morgan fingerprint density at radius 1 is 1.30 bits per heavy atom. The lowest BCUT2D eigenvalue weighted by molar-refractivity contribution is -0.122. The molecule has 2 N–H and O–H groups in total. The third-order valence-corrected chi connectivity index (χ3v) is 5.88. The van der Waals surface area contributed by atoms with E-state index in [1.807, 2.05) is 25.1 Å². The van der Waals surface area contributed by atoms with Gasteiger partial charge in [-0.15, -0.1) is 0 Å². The Morgan fingerprint density at radius 3 is 2.59 bits per heavy atom. The summed E-state index contributed by atoms with van der Waals surface area (Å²) in [4.78, 5) is 12.2. The Kier molecular flexibility index (Phi) is 6.61. The smallest absolute Gasteiger partial charge is 0.246 e. The van der Waals surface area contributed by atoms with Crippen molar-refractivity contribution in [3.63, 3.8) is 0 Å². The average Bonchev–Trinajstić information content (AvgIpc) is 2.94. The van der Waals surface area contributed by atoms with Crippen molar-refractivity contribution in [1.82, 2.24) is 15.2 Å². The topological polar surface area (TPSA) is 111 Å². The molecule has 0 spiro atoms. The number of hydrogen-bond donors (Lipinski definition) is 2. The summed E-state index contributed by atoms with van der Waals surface area (Å²) in [5, 5.41) is 6.37. The van der Waals surface area contributed by atoms with Gasteiger partial charge in [-0.3, -0.25) is 4.79 Å². The minimum Gasteiger partial charge on any atom is -0.496 e. The van der Waals surface area contributed by atoms with Crippen LogP contribution in [0.25, 0.3) is 0 Å². The van der Waals surface area contributed by atoms with Crippen LogP contribution in [0.2, 0.25) is 0 Å². The minimum atomic E-state index is -3.90. The molecule has 0 saturated carbocycles. The molecule has 1 unspecified atom stereocenters. The second-order valence-electron chi connectivity index (χ2n) is 6.35. The predicted octanol–water partition coefficient (Wildman–Crippen LogP) is 1.63. The molecule has 8 nitrogen and oxygen atoms in total. The fourth-order valence-electron chi connectivity index (χ4n) is 2.78. The maximum Gasteiger partial charge on any atom is 0.246 e. The van der Waals surface area contributed by atoms with Gasteiger partial charge in [0.1, 0.15) is 16.3 Å². The normalized spacial score (nSPS) is 12.6. The molecule has 1 atom stereocenters. The molecule has 0 aliphatic carbocycles. The summed E-state index contributed by atoms with van der Waals surface area (Å²) in [6.45, 7) is 6.86. The molecule has 0 aliphatic rings. The predicted molar refractivity (Wildman–Crippen MR) is 100 cm³/mol. The lowest BCUT2D eigenvalue weighted by atomic mass is 10.1. The Balaban J connectivity index is 1.96. The van der Waals surface area contributed by atoms with Gasteiger partial charge in [0.25, 0.3) is 0 Å². The first kappa shape index (κ1) is 20.9. The molecule has 0 fully saturated rings. The number of carbonyl (C=O) groups excluding carboxylic acids is 1. The summed E-state index contributed by atoms with van der Waals surface area (Å²) < 4.78 is 37.5. The summed E-state index contributed by atoms with van der Waals surface area (Å²) in [6, 6.07) is 4.89. The standard InChI is InChI=1S/C18H25N3O5S/c1-11-6-7-16(25-5)15(10-11)8-9-19-18(22)13(3)21-27(23,24)17-12(2)20-26-14(17)4/h6-7,10,13,21H,8-9H2,1-5H3,(H,19,22). The van der Waals surface area contributed by atoms with Crippen molar-refractivity contribution in [2.24, 2.45) is 0 Å². The fraction of sp³-hybridized carbons (Fsp3) is 0.444. The number of rotatable bonds is 8. The zero-order valence-corrected chi connectivity index (χ0v) is 16.9. The highest BCUT2D eigenvalue weighted by molar-refractivity contribution is 7.89. The van der Waals surface area contributed by atoms with E-state index in [-0.39, 0.29) is 16.3 Å². The van der Waals surface area contributed by atoms with Crippen molar-refractivity contribution >= 4 is 15.9 Å². The van der Waals surface area contributed by atoms with E-state index < -0.39 is 22.0 Å². The SMILES string of the molecule is COc1ccc(C)cc1CCNC(=O)C(C)NS(=O)(=O)c1c(C)noc1C. The molecule has 0 saturated heterocycles. The van der Waals surface area contributed by atoms with Gasteiger partial charge in [-0.2, -0.15) is 4.72 Å². The largest absolute Gasteiger partial charge is 0.496 e. The molecule has 0 aliphatic heterocycles. The molecule has 2 aromatic rings. The first-order valence-electron chi connectivity index (χ1n) is 8.52. The van der Waals surface area contributed by atoms with Crippen LogP contribution in [-0.4, -0.2) is 39.2 Å². The van der Waals surface area contributed by atoms with Crippen molar-refractivity contribution in [1.29, 1.82) is 0 Å². The molecule has 148 valence electrons. The van der Waals surface area contributed by atoms with Crippen molar-refractivity contribution < 1.29 is 22.5 Å². The number of ether oxygens (including phenoxy) is 1. The molecule has 1 heterocycles. The highest BCUT2D eigenvalue weighted by atomic mass is 32.2. The van der Waals surface area contributed by atoms with Crippen LogP contribution in [-0.2, 0) is 21.2 Å². The highest BCUT2D eigenvalue weighted by Gasteiger charge is 2.28. The number of aryl methyl sites for hydroxylation is 3. The van der Waals surface area contributed by atoms with Crippen LogP contribution in [0.1, 0.15) is 29.5 Å². The van der Waals surface area contributed by atoms with Crippen LogP contribution >= 0.6 is 0 Å². The zero-order chi connectivity index (χ0) is 20.2. The summed E-state index contributed by atoms with van der Waals surface area (Å²) in [5.74, 6) is 0.512. The van der Waals surface area contributed by atoms with Gasteiger partial charge < -0.3 is 14.6 Å². The van der Waals surface area contributed by atoms with Crippen LogP contribution in [0.4, 0.5) is 0 Å². The number of nitrogens with zero attached hydrogens (tertiary/aromatic N) is 1. The van der Waals surface area contributed by atoms with E-state index in [9.17, 15) is 13.2 Å². The number of amides is 1. The second-order valence-corrected chi connectivity index (χ2v) is 8.00. The van der Waals surface area contributed by atoms with Crippen molar-refractivity contribution in [3.05, 3.63) is 40.8 Å². The Labute approximate surface area is 159 Å². The number of carbonyl (C=O) groups is 1. The van der Waals surface area contributed by atoms with E-state index in [0.29, 0.717) is 13.0 Å². The van der Waals surface area contributed by atoms with E-state index in [0.717, 1.165) is 16.9 Å². The summed E-state index contributed by atoms with van der Waals surface area (Å²) in [7, 11) is -2.31. The third-order valence-electron chi connectivity index (χ3n) is 4.09. The molecular formula is C18H25N3O5S. The van der Waals surface area contributed by atoms with E-state index in [1.54, 1.807) is 7.11 Å². The van der Waals surface area contributed by atoms with Gasteiger partial charge in [-0.1, -0.05) is 22.9 Å². The summed E-state index contributed by atoms with van der Waals surface area (Å²) in [6.07, 6.45) is 0.569. The summed E-state index contributed by atoms with van der Waals surface area (Å²) in [5.41, 5.74) is 2.32. The van der Waals surface area contributed by atoms with Crippen LogP contribution in [0.3, 0.4) is 0 Å². The van der Waals surface area contributed by atoms with Gasteiger partial charge in [0.05, 0.1) is 13.2 Å². The molecule has 9 heteroatoms. The zero-order valence-electron chi connectivity index (χ0n) is 16.1.